The molecule has 9 nitrogen and oxygen atoms in total. The third-order valence-corrected chi connectivity index (χ3v) is 4.43. The van der Waals surface area contributed by atoms with Crippen LogP contribution in [-0.2, 0) is 13.2 Å². The average Bonchev–Trinajstić information content (AvgIpc) is 3.31. The second kappa shape index (κ2) is 8.13. The maximum Gasteiger partial charge on any atom is 0.433 e. The number of anilines is 1. The Kier molecular flexibility index (Phi) is 5.34. The van der Waals surface area contributed by atoms with Gasteiger partial charge in [-0.1, -0.05) is 0 Å². The van der Waals surface area contributed by atoms with E-state index in [1.807, 2.05) is 0 Å². The van der Waals surface area contributed by atoms with Crippen molar-refractivity contribution in [3.8, 4) is 11.6 Å². The first-order valence-corrected chi connectivity index (χ1v) is 9.20. The molecule has 0 bridgehead atoms. The molecule has 0 atom stereocenters. The lowest BCUT2D eigenvalue weighted by Gasteiger charge is -2.07. The maximum absolute atomic E-state index is 12.9. The fraction of sp³-hybridized carbons (Fsp3) is 0.150. The number of amides is 1. The van der Waals surface area contributed by atoms with Gasteiger partial charge in [0.25, 0.3) is 0 Å². The minimum atomic E-state index is -4.57. The summed E-state index contributed by atoms with van der Waals surface area (Å²) in [5.74, 6) is 0.595. The molecule has 4 aromatic rings. The van der Waals surface area contributed by atoms with Crippen LogP contribution >= 0.6 is 0 Å². The number of hydrogen-bond donors (Lipinski definition) is 1. The largest absolute Gasteiger partial charge is 0.439 e. The standard InChI is InChI=1S/C20H16F3N7O2/c1-24-10-13-8-18(26-11-25-13)32-14-3-4-15-12(7-14)5-6-30(15)19(31)27-17-9-16(20(21,22)23)29(2)28-17/h3-11H,1-2H3,(H,27,28,31)/b24-10-. The van der Waals surface area contributed by atoms with Crippen LogP contribution in [0.5, 0.6) is 11.6 Å². The van der Waals surface area contributed by atoms with Gasteiger partial charge in [-0.05, 0) is 24.3 Å². The number of aromatic nitrogens is 5. The van der Waals surface area contributed by atoms with Crippen LogP contribution in [0.1, 0.15) is 11.4 Å². The highest BCUT2D eigenvalue weighted by Crippen LogP contribution is 2.30. The number of carbonyl (C=O) groups excluding carboxylic acids is 1. The van der Waals surface area contributed by atoms with Crippen molar-refractivity contribution in [2.24, 2.45) is 12.0 Å². The van der Waals surface area contributed by atoms with Crippen LogP contribution in [0.4, 0.5) is 23.8 Å². The van der Waals surface area contributed by atoms with Crippen molar-refractivity contribution in [2.75, 3.05) is 12.4 Å². The molecule has 0 aliphatic carbocycles. The molecule has 12 heteroatoms. The third kappa shape index (κ3) is 4.29. The van der Waals surface area contributed by atoms with Gasteiger partial charge in [0.1, 0.15) is 17.8 Å². The minimum absolute atomic E-state index is 0.207. The van der Waals surface area contributed by atoms with E-state index in [1.54, 1.807) is 43.6 Å². The number of rotatable bonds is 4. The Bertz CT molecular complexity index is 1320. The SMILES string of the molecule is C/N=C\c1cc(Oc2ccc3c(ccn3C(=O)Nc3cc(C(F)(F)F)n(C)n3)c2)ncn1. The van der Waals surface area contributed by atoms with Crippen molar-refractivity contribution < 1.29 is 22.7 Å². The first-order chi connectivity index (χ1) is 15.2. The molecular formula is C20H16F3N7O2. The molecule has 164 valence electrons. The van der Waals surface area contributed by atoms with Crippen molar-refractivity contribution in [1.29, 1.82) is 0 Å². The normalized spacial score (nSPS) is 11.9. The smallest absolute Gasteiger partial charge is 0.433 e. The zero-order valence-electron chi connectivity index (χ0n) is 16.8. The number of aryl methyl sites for hydroxylation is 1. The monoisotopic (exact) mass is 443 g/mol. The summed E-state index contributed by atoms with van der Waals surface area (Å²) in [6, 6.07) is 8.42. The van der Waals surface area contributed by atoms with E-state index in [-0.39, 0.29) is 5.82 Å². The summed E-state index contributed by atoms with van der Waals surface area (Å²) in [6.07, 6.45) is -0.157. The predicted octanol–water partition coefficient (Wildman–Crippen LogP) is 4.10. The molecule has 0 unspecified atom stereocenters. The van der Waals surface area contributed by atoms with Crippen LogP contribution in [0.15, 0.2) is 53.9 Å². The van der Waals surface area contributed by atoms with Gasteiger partial charge >= 0.3 is 12.2 Å². The van der Waals surface area contributed by atoms with Crippen LogP contribution in [0, 0.1) is 0 Å². The Labute approximate surface area is 179 Å². The number of alkyl halides is 3. The molecule has 1 amide bonds. The van der Waals surface area contributed by atoms with Gasteiger partial charge in [-0.15, -0.1) is 0 Å². The van der Waals surface area contributed by atoms with Gasteiger partial charge in [0, 0.05) is 44.0 Å². The molecule has 0 fully saturated rings. The maximum atomic E-state index is 12.9. The van der Waals surface area contributed by atoms with Gasteiger partial charge < -0.3 is 4.74 Å². The van der Waals surface area contributed by atoms with E-state index in [0.29, 0.717) is 32.9 Å². The summed E-state index contributed by atoms with van der Waals surface area (Å²) in [5.41, 5.74) is 0.151. The van der Waals surface area contributed by atoms with E-state index in [2.05, 4.69) is 25.4 Å². The number of benzene rings is 1. The van der Waals surface area contributed by atoms with Crippen LogP contribution in [-0.4, -0.2) is 43.6 Å². The molecule has 4 rings (SSSR count). The Morgan fingerprint density at radius 3 is 2.72 bits per heavy atom. The lowest BCUT2D eigenvalue weighted by Crippen LogP contribution is -2.18. The van der Waals surface area contributed by atoms with Gasteiger partial charge in [0.2, 0.25) is 5.88 Å². The van der Waals surface area contributed by atoms with Crippen molar-refractivity contribution in [1.82, 2.24) is 24.3 Å². The van der Waals surface area contributed by atoms with Gasteiger partial charge in [0.05, 0.1) is 11.2 Å². The van der Waals surface area contributed by atoms with E-state index in [1.165, 1.54) is 17.1 Å². The highest BCUT2D eigenvalue weighted by Gasteiger charge is 2.35. The highest BCUT2D eigenvalue weighted by atomic mass is 19.4. The molecule has 0 saturated heterocycles. The summed E-state index contributed by atoms with van der Waals surface area (Å²) in [6.45, 7) is 0. The minimum Gasteiger partial charge on any atom is -0.439 e. The molecule has 0 spiro atoms. The fourth-order valence-electron chi connectivity index (χ4n) is 3.06. The zero-order valence-corrected chi connectivity index (χ0v) is 16.8. The topological polar surface area (TPSA) is 99.2 Å². The highest BCUT2D eigenvalue weighted by molar-refractivity contribution is 5.98. The number of carbonyl (C=O) groups is 1. The summed E-state index contributed by atoms with van der Waals surface area (Å²) in [5, 5.41) is 6.75. The summed E-state index contributed by atoms with van der Waals surface area (Å²) >= 11 is 0. The molecule has 1 aromatic carbocycles. The van der Waals surface area contributed by atoms with Crippen LogP contribution in [0.2, 0.25) is 0 Å². The lowest BCUT2D eigenvalue weighted by molar-refractivity contribution is -0.143. The Morgan fingerprint density at radius 1 is 1.19 bits per heavy atom. The van der Waals surface area contributed by atoms with Gasteiger partial charge in [-0.25, -0.2) is 14.8 Å². The number of hydrogen-bond acceptors (Lipinski definition) is 6. The van der Waals surface area contributed by atoms with Gasteiger partial charge in [0.15, 0.2) is 5.82 Å². The fourth-order valence-corrected chi connectivity index (χ4v) is 3.06. The van der Waals surface area contributed by atoms with E-state index in [0.717, 1.165) is 13.1 Å². The van der Waals surface area contributed by atoms with Crippen molar-refractivity contribution in [3.63, 3.8) is 0 Å². The summed E-state index contributed by atoms with van der Waals surface area (Å²) in [7, 11) is 2.78. The van der Waals surface area contributed by atoms with Crippen LogP contribution in [0.3, 0.4) is 0 Å². The molecule has 0 aliphatic heterocycles. The molecule has 32 heavy (non-hydrogen) atoms. The molecule has 0 radical (unpaired) electrons. The summed E-state index contributed by atoms with van der Waals surface area (Å²) in [4.78, 5) is 24.6. The van der Waals surface area contributed by atoms with Crippen LogP contribution < -0.4 is 10.1 Å². The van der Waals surface area contributed by atoms with E-state index in [4.69, 9.17) is 4.74 Å². The second-order valence-corrected chi connectivity index (χ2v) is 6.64. The van der Waals surface area contributed by atoms with E-state index >= 15 is 0 Å². The van der Waals surface area contributed by atoms with Crippen molar-refractivity contribution in [2.45, 2.75) is 6.18 Å². The first kappa shape index (κ1) is 21.0. The Balaban J connectivity index is 1.54. The van der Waals surface area contributed by atoms with Crippen molar-refractivity contribution in [3.05, 3.63) is 60.3 Å². The zero-order chi connectivity index (χ0) is 22.9. The molecule has 0 saturated carbocycles. The number of nitrogens with one attached hydrogen (secondary N) is 1. The molecule has 1 N–H and O–H groups in total. The second-order valence-electron chi connectivity index (χ2n) is 6.64. The molecule has 0 aliphatic rings. The Morgan fingerprint density at radius 2 is 2.00 bits per heavy atom. The van der Waals surface area contributed by atoms with E-state index in [9.17, 15) is 18.0 Å². The molecule has 3 aromatic heterocycles. The number of ether oxygens (including phenoxy) is 1. The van der Waals surface area contributed by atoms with E-state index < -0.39 is 17.9 Å². The number of halogens is 3. The molecular weight excluding hydrogens is 427 g/mol. The molecule has 3 heterocycles. The predicted molar refractivity (Wildman–Crippen MR) is 110 cm³/mol. The third-order valence-electron chi connectivity index (χ3n) is 4.43. The van der Waals surface area contributed by atoms with Gasteiger partial charge in [-0.3, -0.25) is 19.6 Å². The number of aliphatic imine (C=N–C) groups is 1. The summed E-state index contributed by atoms with van der Waals surface area (Å²) < 4.78 is 46.5. The quantitative estimate of drug-likeness (QED) is 0.479. The van der Waals surface area contributed by atoms with Crippen LogP contribution in [0.25, 0.3) is 10.9 Å². The first-order valence-electron chi connectivity index (χ1n) is 9.20. The Hall–Kier alpha value is -4.22. The lowest BCUT2D eigenvalue weighted by atomic mass is 10.2. The number of fused-ring (bicyclic) bond motifs is 1. The number of nitrogens with zero attached hydrogens (tertiary/aromatic N) is 6. The average molecular weight is 443 g/mol. The van der Waals surface area contributed by atoms with Crippen molar-refractivity contribution >= 4 is 29.0 Å². The van der Waals surface area contributed by atoms with Gasteiger partial charge in [-0.2, -0.15) is 18.3 Å².